The molecule has 5 rings (SSSR count). The predicted octanol–water partition coefficient (Wildman–Crippen LogP) is 4.80. The Kier molecular flexibility index (Phi) is 6.27. The molecule has 0 unspecified atom stereocenters. The molecular weight excluding hydrogens is 442 g/mol. The van der Waals surface area contributed by atoms with Gasteiger partial charge in [0.15, 0.2) is 10.6 Å². The van der Waals surface area contributed by atoms with E-state index in [2.05, 4.69) is 68.9 Å². The summed E-state index contributed by atoms with van der Waals surface area (Å²) in [5.74, 6) is 0.556. The van der Waals surface area contributed by atoms with E-state index < -0.39 is 0 Å². The molecule has 4 aromatic rings. The minimum absolute atomic E-state index is 0.107. The van der Waals surface area contributed by atoms with Crippen LogP contribution in [0.3, 0.4) is 0 Å². The Balaban J connectivity index is 1.18. The first kappa shape index (κ1) is 22.1. The van der Waals surface area contributed by atoms with Gasteiger partial charge in [-0.2, -0.15) is 5.10 Å². The second kappa shape index (κ2) is 9.65. The van der Waals surface area contributed by atoms with E-state index in [1.807, 2.05) is 31.2 Å². The number of carbonyl (C=O) groups is 1. The molecule has 0 spiro atoms. The van der Waals surface area contributed by atoms with Crippen LogP contribution in [-0.2, 0) is 30.8 Å². The smallest absolute Gasteiger partial charge is 0.240 e. The van der Waals surface area contributed by atoms with Crippen LogP contribution in [0.15, 0.2) is 72.8 Å². The summed E-state index contributed by atoms with van der Waals surface area (Å²) >= 11 is 5.36. The molecule has 34 heavy (non-hydrogen) atoms. The molecule has 0 saturated heterocycles. The number of para-hydroxylation sites is 1. The summed E-state index contributed by atoms with van der Waals surface area (Å²) in [5, 5.41) is 10.1. The van der Waals surface area contributed by atoms with Gasteiger partial charge in [-0.3, -0.25) is 14.5 Å². The largest absolute Gasteiger partial charge is 0.367 e. The lowest BCUT2D eigenvalue weighted by Gasteiger charge is -2.19. The fourth-order valence-corrected chi connectivity index (χ4v) is 4.62. The Bertz CT molecular complexity index is 1370. The Morgan fingerprint density at radius 2 is 1.85 bits per heavy atom. The monoisotopic (exact) mass is 469 g/mol. The average Bonchev–Trinajstić information content (AvgIpc) is 3.42. The Labute approximate surface area is 204 Å². The van der Waals surface area contributed by atoms with E-state index >= 15 is 0 Å². The molecule has 1 aliphatic heterocycles. The fourth-order valence-electron chi connectivity index (χ4n) is 4.42. The van der Waals surface area contributed by atoms with Gasteiger partial charge in [-0.25, -0.2) is 0 Å². The molecular formula is C27H27N5OS. The van der Waals surface area contributed by atoms with Crippen LogP contribution in [0.1, 0.15) is 22.3 Å². The summed E-state index contributed by atoms with van der Waals surface area (Å²) in [6.07, 6.45) is 1.10. The van der Waals surface area contributed by atoms with Gasteiger partial charge in [0.2, 0.25) is 5.91 Å². The highest BCUT2D eigenvalue weighted by molar-refractivity contribution is 7.71. The highest BCUT2D eigenvalue weighted by atomic mass is 32.1. The van der Waals surface area contributed by atoms with Crippen molar-refractivity contribution in [1.82, 2.24) is 20.1 Å². The van der Waals surface area contributed by atoms with Crippen LogP contribution < -0.4 is 10.2 Å². The summed E-state index contributed by atoms with van der Waals surface area (Å²) < 4.78 is 2.16. The minimum Gasteiger partial charge on any atom is -0.367 e. The molecule has 6 nitrogen and oxygen atoms in total. The van der Waals surface area contributed by atoms with Crippen molar-refractivity contribution in [2.45, 2.75) is 33.0 Å². The standard InChI is InChI=1S/C27H27N5OS/c1-19-5-4-7-23(15-19)26-29-30-27(34)32(26)18-25(33)28-16-20-9-11-21(12-10-20)17-31-14-13-22-6-2-3-8-24(22)31/h2-12,15H,13-14,16-18H2,1H3,(H,28,33)(H,30,34). The van der Waals surface area contributed by atoms with E-state index in [4.69, 9.17) is 12.2 Å². The first-order chi connectivity index (χ1) is 16.6. The van der Waals surface area contributed by atoms with Gasteiger partial charge in [-0.1, -0.05) is 66.2 Å². The van der Waals surface area contributed by atoms with Crippen LogP contribution in [0.5, 0.6) is 0 Å². The first-order valence-corrected chi connectivity index (χ1v) is 11.9. The number of fused-ring (bicyclic) bond motifs is 1. The number of nitrogens with zero attached hydrogens (tertiary/aromatic N) is 3. The van der Waals surface area contributed by atoms with Crippen LogP contribution in [0.4, 0.5) is 5.69 Å². The van der Waals surface area contributed by atoms with E-state index in [1.165, 1.54) is 16.8 Å². The van der Waals surface area contributed by atoms with E-state index in [0.29, 0.717) is 17.1 Å². The fraction of sp³-hybridized carbons (Fsp3) is 0.222. The van der Waals surface area contributed by atoms with Crippen molar-refractivity contribution in [2.24, 2.45) is 0 Å². The number of benzene rings is 3. The lowest BCUT2D eigenvalue weighted by atomic mass is 10.1. The van der Waals surface area contributed by atoms with Crippen LogP contribution >= 0.6 is 12.2 Å². The molecule has 1 amide bonds. The van der Waals surface area contributed by atoms with E-state index in [9.17, 15) is 4.79 Å². The molecule has 0 bridgehead atoms. The second-order valence-electron chi connectivity index (χ2n) is 8.70. The molecule has 1 aliphatic rings. The Morgan fingerprint density at radius 3 is 2.68 bits per heavy atom. The second-order valence-corrected chi connectivity index (χ2v) is 9.09. The Hall–Kier alpha value is -3.71. The third-order valence-corrected chi connectivity index (χ3v) is 6.52. The maximum absolute atomic E-state index is 12.7. The van der Waals surface area contributed by atoms with Crippen molar-refractivity contribution in [3.63, 3.8) is 0 Å². The van der Waals surface area contributed by atoms with E-state index in [1.54, 1.807) is 4.57 Å². The Morgan fingerprint density at radius 1 is 1.06 bits per heavy atom. The molecule has 2 N–H and O–H groups in total. The SMILES string of the molecule is Cc1cccc(-c2n[nH]c(=S)n2CC(=O)NCc2ccc(CN3CCc4ccccc43)cc2)c1. The number of amides is 1. The topological polar surface area (TPSA) is 66.0 Å². The van der Waals surface area contributed by atoms with Gasteiger partial charge in [0.25, 0.3) is 0 Å². The number of aromatic nitrogens is 3. The molecule has 172 valence electrons. The van der Waals surface area contributed by atoms with Crippen molar-refractivity contribution < 1.29 is 4.79 Å². The quantitative estimate of drug-likeness (QED) is 0.382. The molecule has 0 radical (unpaired) electrons. The zero-order chi connectivity index (χ0) is 23.5. The maximum Gasteiger partial charge on any atom is 0.240 e. The molecule has 7 heteroatoms. The minimum atomic E-state index is -0.107. The van der Waals surface area contributed by atoms with Crippen LogP contribution in [-0.4, -0.2) is 27.2 Å². The number of aryl methyl sites for hydroxylation is 1. The van der Waals surface area contributed by atoms with Crippen molar-refractivity contribution >= 4 is 23.8 Å². The van der Waals surface area contributed by atoms with Gasteiger partial charge in [-0.15, -0.1) is 0 Å². The summed E-state index contributed by atoms with van der Waals surface area (Å²) in [4.78, 5) is 15.1. The molecule has 0 fully saturated rings. The van der Waals surface area contributed by atoms with Gasteiger partial charge in [0.1, 0.15) is 6.54 Å². The van der Waals surface area contributed by atoms with Crippen LogP contribution in [0.2, 0.25) is 0 Å². The number of hydrogen-bond acceptors (Lipinski definition) is 4. The van der Waals surface area contributed by atoms with Gasteiger partial charge >= 0.3 is 0 Å². The predicted molar refractivity (Wildman–Crippen MR) is 137 cm³/mol. The lowest BCUT2D eigenvalue weighted by molar-refractivity contribution is -0.121. The third kappa shape index (κ3) is 4.79. The van der Waals surface area contributed by atoms with Gasteiger partial charge in [0, 0.05) is 30.9 Å². The highest BCUT2D eigenvalue weighted by Gasteiger charge is 2.18. The molecule has 0 saturated carbocycles. The number of carbonyl (C=O) groups excluding carboxylic acids is 1. The number of rotatable bonds is 7. The molecule has 2 heterocycles. The van der Waals surface area contributed by atoms with Gasteiger partial charge in [-0.05, 0) is 54.4 Å². The van der Waals surface area contributed by atoms with Crippen molar-refractivity contribution in [2.75, 3.05) is 11.4 Å². The van der Waals surface area contributed by atoms with Crippen LogP contribution in [0.25, 0.3) is 11.4 Å². The van der Waals surface area contributed by atoms with E-state index in [0.717, 1.165) is 36.2 Å². The summed E-state index contributed by atoms with van der Waals surface area (Å²) in [6, 6.07) is 25.1. The average molecular weight is 470 g/mol. The number of H-pyrrole nitrogens is 1. The van der Waals surface area contributed by atoms with Crippen molar-refractivity contribution in [3.05, 3.63) is 99.8 Å². The van der Waals surface area contributed by atoms with E-state index in [-0.39, 0.29) is 12.5 Å². The summed E-state index contributed by atoms with van der Waals surface area (Å²) in [5.41, 5.74) is 7.14. The molecule has 3 aromatic carbocycles. The third-order valence-electron chi connectivity index (χ3n) is 6.21. The molecule has 0 atom stereocenters. The normalized spacial score (nSPS) is 12.6. The first-order valence-electron chi connectivity index (χ1n) is 11.5. The van der Waals surface area contributed by atoms with Crippen molar-refractivity contribution in [3.8, 4) is 11.4 Å². The number of hydrogen-bond donors (Lipinski definition) is 2. The number of aromatic amines is 1. The highest BCUT2D eigenvalue weighted by Crippen LogP contribution is 2.28. The zero-order valence-electron chi connectivity index (χ0n) is 19.1. The van der Waals surface area contributed by atoms with Gasteiger partial charge in [0.05, 0.1) is 0 Å². The lowest BCUT2D eigenvalue weighted by Crippen LogP contribution is -2.27. The summed E-state index contributed by atoms with van der Waals surface area (Å²) in [7, 11) is 0. The number of anilines is 1. The zero-order valence-corrected chi connectivity index (χ0v) is 19.9. The molecule has 1 aromatic heterocycles. The van der Waals surface area contributed by atoms with Crippen LogP contribution in [0, 0.1) is 11.7 Å². The molecule has 0 aliphatic carbocycles. The number of nitrogens with one attached hydrogen (secondary N) is 2. The van der Waals surface area contributed by atoms with Gasteiger partial charge < -0.3 is 10.2 Å². The maximum atomic E-state index is 12.7. The summed E-state index contributed by atoms with van der Waals surface area (Å²) in [6.45, 7) is 4.56. The van der Waals surface area contributed by atoms with Crippen molar-refractivity contribution in [1.29, 1.82) is 0 Å².